The zero-order valence-corrected chi connectivity index (χ0v) is 19.6. The zero-order chi connectivity index (χ0) is 25.5. The normalized spacial score (nSPS) is 11.4. The fourth-order valence-corrected chi connectivity index (χ4v) is 3.70. The predicted octanol–water partition coefficient (Wildman–Crippen LogP) is 6.30. The first-order chi connectivity index (χ1) is 17.4. The Bertz CT molecular complexity index is 1370. The topological polar surface area (TPSA) is 98.5 Å². The Balaban J connectivity index is 1.51. The number of Topliss-reactive ketones (excluding diaryl/α,β-unsaturated/α-hetero) is 1. The Labute approximate surface area is 208 Å². The van der Waals surface area contributed by atoms with Gasteiger partial charge in [-0.2, -0.15) is 0 Å². The molecule has 4 rings (SSSR count). The lowest BCUT2D eigenvalue weighted by Gasteiger charge is -2.18. The number of ketones is 1. The summed E-state index contributed by atoms with van der Waals surface area (Å²) in [5.41, 5.74) is 4.04. The molecule has 0 aromatic heterocycles. The smallest absolute Gasteiger partial charge is 0.339 e. The van der Waals surface area contributed by atoms with E-state index in [0.717, 1.165) is 16.8 Å². The van der Waals surface area contributed by atoms with Gasteiger partial charge in [0.25, 0.3) is 5.69 Å². The summed E-state index contributed by atoms with van der Waals surface area (Å²) in [5, 5.41) is 14.4. The van der Waals surface area contributed by atoms with Crippen LogP contribution in [0.5, 0.6) is 0 Å². The SMILES string of the molecule is Cc1ccccc1NCc1ccc(C(=O)O[C@H](C(=O)c2ccccc2)c2ccc([N+](=O)[O-])cc2)cc1. The van der Waals surface area contributed by atoms with Crippen molar-refractivity contribution >= 4 is 23.1 Å². The number of nitrogens with zero attached hydrogens (tertiary/aromatic N) is 1. The van der Waals surface area contributed by atoms with E-state index in [9.17, 15) is 19.7 Å². The van der Waals surface area contributed by atoms with Gasteiger partial charge >= 0.3 is 5.97 Å². The van der Waals surface area contributed by atoms with Crippen molar-refractivity contribution in [3.05, 3.63) is 141 Å². The highest BCUT2D eigenvalue weighted by molar-refractivity contribution is 6.02. The van der Waals surface area contributed by atoms with Gasteiger partial charge in [-0.1, -0.05) is 60.7 Å². The third-order valence-electron chi connectivity index (χ3n) is 5.75. The van der Waals surface area contributed by atoms with Crippen molar-refractivity contribution in [3.8, 4) is 0 Å². The lowest BCUT2D eigenvalue weighted by atomic mass is 9.99. The molecule has 0 fully saturated rings. The molecule has 0 saturated carbocycles. The van der Waals surface area contributed by atoms with Gasteiger partial charge in [0.2, 0.25) is 5.78 Å². The Kier molecular flexibility index (Phi) is 7.51. The highest BCUT2D eigenvalue weighted by atomic mass is 16.6. The molecule has 0 unspecified atom stereocenters. The number of nitro benzene ring substituents is 1. The minimum atomic E-state index is -1.25. The Morgan fingerprint density at radius 3 is 2.11 bits per heavy atom. The summed E-state index contributed by atoms with van der Waals surface area (Å²) in [6.45, 7) is 2.61. The van der Waals surface area contributed by atoms with Gasteiger partial charge in [0.1, 0.15) is 0 Å². The summed E-state index contributed by atoms with van der Waals surface area (Å²) in [7, 11) is 0. The number of hydrogen-bond acceptors (Lipinski definition) is 6. The van der Waals surface area contributed by atoms with E-state index in [-0.39, 0.29) is 5.69 Å². The van der Waals surface area contributed by atoms with Crippen LogP contribution in [-0.2, 0) is 11.3 Å². The minimum Gasteiger partial charge on any atom is -0.445 e. The van der Waals surface area contributed by atoms with E-state index in [4.69, 9.17) is 4.74 Å². The van der Waals surface area contributed by atoms with Crippen LogP contribution >= 0.6 is 0 Å². The molecule has 0 amide bonds. The second-order valence-electron chi connectivity index (χ2n) is 8.23. The highest BCUT2D eigenvalue weighted by Crippen LogP contribution is 2.26. The third kappa shape index (κ3) is 5.82. The number of rotatable bonds is 9. The Hall–Kier alpha value is -4.78. The van der Waals surface area contributed by atoms with Crippen LogP contribution in [-0.4, -0.2) is 16.7 Å². The molecular formula is C29H24N2O5. The molecule has 0 heterocycles. The lowest BCUT2D eigenvalue weighted by Crippen LogP contribution is -2.20. The number of nitrogens with one attached hydrogen (secondary N) is 1. The highest BCUT2D eigenvalue weighted by Gasteiger charge is 2.27. The molecule has 7 heteroatoms. The molecule has 1 atom stereocenters. The summed E-state index contributed by atoms with van der Waals surface area (Å²) in [5.74, 6) is -1.09. The first-order valence-corrected chi connectivity index (χ1v) is 11.4. The van der Waals surface area contributed by atoms with Crippen molar-refractivity contribution in [2.45, 2.75) is 19.6 Å². The zero-order valence-electron chi connectivity index (χ0n) is 19.6. The van der Waals surface area contributed by atoms with Crippen LogP contribution in [0.25, 0.3) is 0 Å². The summed E-state index contributed by atoms with van der Waals surface area (Å²) >= 11 is 0. The van der Waals surface area contributed by atoms with E-state index in [1.165, 1.54) is 24.3 Å². The van der Waals surface area contributed by atoms with E-state index in [0.29, 0.717) is 23.2 Å². The number of hydrogen-bond donors (Lipinski definition) is 1. The maximum Gasteiger partial charge on any atom is 0.339 e. The number of benzene rings is 4. The predicted molar refractivity (Wildman–Crippen MR) is 137 cm³/mol. The molecule has 180 valence electrons. The number of para-hydroxylation sites is 1. The number of esters is 1. The maximum absolute atomic E-state index is 13.2. The lowest BCUT2D eigenvalue weighted by molar-refractivity contribution is -0.384. The number of carbonyl (C=O) groups excluding carboxylic acids is 2. The quantitative estimate of drug-likeness (QED) is 0.131. The molecule has 0 spiro atoms. The van der Waals surface area contributed by atoms with Gasteiger partial charge in [-0.25, -0.2) is 4.79 Å². The third-order valence-corrected chi connectivity index (χ3v) is 5.75. The summed E-state index contributed by atoms with van der Waals surface area (Å²) in [6, 6.07) is 28.8. The van der Waals surface area contributed by atoms with E-state index in [1.54, 1.807) is 42.5 Å². The van der Waals surface area contributed by atoms with E-state index >= 15 is 0 Å². The molecule has 4 aromatic rings. The van der Waals surface area contributed by atoms with Crippen LogP contribution in [0.4, 0.5) is 11.4 Å². The number of aryl methyl sites for hydroxylation is 1. The molecule has 0 aliphatic rings. The molecule has 0 bridgehead atoms. The van der Waals surface area contributed by atoms with Crippen LogP contribution in [0, 0.1) is 17.0 Å². The standard InChI is InChI=1S/C29H24N2O5/c1-20-7-5-6-10-26(20)30-19-21-11-13-24(14-12-21)29(33)36-28(27(32)22-8-3-2-4-9-22)23-15-17-25(18-16-23)31(34)35/h2-18,28,30H,19H2,1H3/t28-/m0/s1. The molecule has 0 aliphatic heterocycles. The van der Waals surface area contributed by atoms with Crippen molar-refractivity contribution in [1.82, 2.24) is 0 Å². The van der Waals surface area contributed by atoms with Crippen molar-refractivity contribution in [3.63, 3.8) is 0 Å². The second kappa shape index (κ2) is 11.1. The van der Waals surface area contributed by atoms with Gasteiger partial charge in [0.05, 0.1) is 10.5 Å². The van der Waals surface area contributed by atoms with Gasteiger partial charge in [-0.05, 0) is 48.4 Å². The van der Waals surface area contributed by atoms with Crippen molar-refractivity contribution in [2.24, 2.45) is 0 Å². The number of ether oxygens (including phenoxy) is 1. The maximum atomic E-state index is 13.2. The van der Waals surface area contributed by atoms with Crippen LogP contribution in [0.2, 0.25) is 0 Å². The van der Waals surface area contributed by atoms with E-state index in [1.807, 2.05) is 43.3 Å². The number of non-ortho nitro benzene ring substituents is 1. The van der Waals surface area contributed by atoms with Crippen LogP contribution < -0.4 is 5.32 Å². The largest absolute Gasteiger partial charge is 0.445 e. The molecule has 4 aromatic carbocycles. The van der Waals surface area contributed by atoms with Gasteiger partial charge in [0.15, 0.2) is 6.10 Å². The van der Waals surface area contributed by atoms with Crippen LogP contribution in [0.3, 0.4) is 0 Å². The molecule has 0 aliphatic carbocycles. The van der Waals surface area contributed by atoms with E-state index < -0.39 is 22.8 Å². The fraction of sp³-hybridized carbons (Fsp3) is 0.103. The average molecular weight is 481 g/mol. The molecular weight excluding hydrogens is 456 g/mol. The van der Waals surface area contributed by atoms with Gasteiger partial charge < -0.3 is 10.1 Å². The first-order valence-electron chi connectivity index (χ1n) is 11.4. The van der Waals surface area contributed by atoms with Gasteiger partial charge in [0, 0.05) is 35.5 Å². The summed E-state index contributed by atoms with van der Waals surface area (Å²) in [6.07, 6.45) is -1.25. The van der Waals surface area contributed by atoms with Crippen LogP contribution in [0.1, 0.15) is 43.5 Å². The fourth-order valence-electron chi connectivity index (χ4n) is 3.70. The molecule has 1 N–H and O–H groups in total. The van der Waals surface area contributed by atoms with Crippen molar-refractivity contribution in [1.29, 1.82) is 0 Å². The first kappa shape index (κ1) is 24.3. The molecule has 7 nitrogen and oxygen atoms in total. The van der Waals surface area contributed by atoms with Crippen molar-refractivity contribution in [2.75, 3.05) is 5.32 Å². The molecule has 0 radical (unpaired) electrons. The number of carbonyl (C=O) groups is 2. The van der Waals surface area contributed by atoms with Gasteiger partial charge in [-0.15, -0.1) is 0 Å². The average Bonchev–Trinajstić information content (AvgIpc) is 2.91. The number of anilines is 1. The summed E-state index contributed by atoms with van der Waals surface area (Å²) < 4.78 is 5.65. The molecule has 0 saturated heterocycles. The summed E-state index contributed by atoms with van der Waals surface area (Å²) in [4.78, 5) is 36.7. The number of nitro groups is 1. The van der Waals surface area contributed by atoms with Crippen LogP contribution in [0.15, 0.2) is 103 Å². The minimum absolute atomic E-state index is 0.120. The monoisotopic (exact) mass is 480 g/mol. The van der Waals surface area contributed by atoms with Gasteiger partial charge in [-0.3, -0.25) is 14.9 Å². The molecule has 36 heavy (non-hydrogen) atoms. The van der Waals surface area contributed by atoms with Crippen molar-refractivity contribution < 1.29 is 19.2 Å². The van der Waals surface area contributed by atoms with E-state index in [2.05, 4.69) is 5.32 Å². The second-order valence-corrected chi connectivity index (χ2v) is 8.23. The Morgan fingerprint density at radius 1 is 0.833 bits per heavy atom. The Morgan fingerprint density at radius 2 is 1.47 bits per heavy atom.